The lowest BCUT2D eigenvalue weighted by Gasteiger charge is -2.32. The van der Waals surface area contributed by atoms with E-state index >= 15 is 0 Å². The molecule has 2 aromatic heterocycles. The van der Waals surface area contributed by atoms with Gasteiger partial charge in [0.1, 0.15) is 10.3 Å². The summed E-state index contributed by atoms with van der Waals surface area (Å²) in [5.41, 5.74) is 7.63. The number of unbranched alkanes of at least 4 members (excludes halogenated alkanes) is 3. The number of hydrogen-bond acceptors (Lipinski definition) is 2. The number of aromatic nitrogens is 2. The molecule has 2 nitrogen and oxygen atoms in total. The molecule has 2 heterocycles. The van der Waals surface area contributed by atoms with Gasteiger partial charge in [-0.05, 0) is 108 Å². The molecule has 2 unspecified atom stereocenters. The van der Waals surface area contributed by atoms with Gasteiger partial charge in [0.25, 0.3) is 0 Å². The van der Waals surface area contributed by atoms with Gasteiger partial charge in [0.15, 0.2) is 0 Å². The van der Waals surface area contributed by atoms with Gasteiger partial charge in [-0.1, -0.05) is 170 Å². The fourth-order valence-corrected chi connectivity index (χ4v) is 8.95. The van der Waals surface area contributed by atoms with Gasteiger partial charge in [-0.2, -0.15) is 0 Å². The fraction of sp³-hybridized carbons (Fsp3) is 0.532. The second-order valence-electron chi connectivity index (χ2n) is 15.8. The van der Waals surface area contributed by atoms with Crippen LogP contribution in [-0.4, -0.2) is 9.97 Å². The summed E-state index contributed by atoms with van der Waals surface area (Å²) < 4.78 is 0. The van der Waals surface area contributed by atoms with E-state index in [0.717, 1.165) is 34.8 Å². The molecule has 0 amide bonds. The van der Waals surface area contributed by atoms with Gasteiger partial charge in [0, 0.05) is 23.5 Å². The molecule has 0 saturated heterocycles. The summed E-state index contributed by atoms with van der Waals surface area (Å²) in [6, 6.07) is 25.9. The van der Waals surface area contributed by atoms with Crippen LogP contribution in [0.4, 0.5) is 0 Å². The highest BCUT2D eigenvalue weighted by Crippen LogP contribution is 2.41. The normalized spacial score (nSPS) is 21.7. The zero-order valence-corrected chi connectivity index (χ0v) is 33.3. The van der Waals surface area contributed by atoms with Crippen LogP contribution < -0.4 is 0 Å². The second-order valence-corrected chi connectivity index (χ2v) is 16.5. The summed E-state index contributed by atoms with van der Waals surface area (Å²) in [6.07, 6.45) is 24.9. The maximum atomic E-state index is 5.89. The van der Waals surface area contributed by atoms with Gasteiger partial charge in [0.2, 0.25) is 0 Å². The van der Waals surface area contributed by atoms with E-state index < -0.39 is 0 Å². The van der Waals surface area contributed by atoms with Crippen LogP contribution in [0.25, 0.3) is 22.3 Å². The maximum Gasteiger partial charge on any atom is 0.129 e. The first-order chi connectivity index (χ1) is 24.8. The van der Waals surface area contributed by atoms with Gasteiger partial charge in [-0.15, -0.1) is 0 Å². The Morgan fingerprint density at radius 2 is 0.863 bits per heavy atom. The minimum absolute atomic E-state index is 0.545. The Morgan fingerprint density at radius 3 is 1.22 bits per heavy atom. The Morgan fingerprint density at radius 1 is 0.490 bits per heavy atom. The van der Waals surface area contributed by atoms with Crippen molar-refractivity contribution < 1.29 is 0 Å². The summed E-state index contributed by atoms with van der Waals surface area (Å²) in [6.45, 7) is 9.43. The first-order valence-electron chi connectivity index (χ1n) is 20.3. The summed E-state index contributed by atoms with van der Waals surface area (Å²) in [5, 5.41) is 1.09. The number of halogens is 2. The smallest absolute Gasteiger partial charge is 0.129 e. The Kier molecular flexibility index (Phi) is 15.9. The molecule has 0 N–H and O–H groups in total. The monoisotopic (exact) mass is 724 g/mol. The Bertz CT molecular complexity index is 1530. The average Bonchev–Trinajstić information content (AvgIpc) is 3.18. The Labute approximate surface area is 320 Å². The predicted molar refractivity (Wildman–Crippen MR) is 221 cm³/mol. The second kappa shape index (κ2) is 20.5. The number of hydrogen-bond donors (Lipinski definition) is 0. The Hall–Kier alpha value is -2.68. The van der Waals surface area contributed by atoms with Crippen LogP contribution in [0.3, 0.4) is 0 Å². The third-order valence-electron chi connectivity index (χ3n) is 12.4. The van der Waals surface area contributed by atoms with Gasteiger partial charge in [-0.25, -0.2) is 9.97 Å². The molecule has 2 aliphatic carbocycles. The minimum Gasteiger partial charge on any atom is -0.244 e. The molecule has 51 heavy (non-hydrogen) atoms. The lowest BCUT2D eigenvalue weighted by atomic mass is 9.73. The summed E-state index contributed by atoms with van der Waals surface area (Å²) in [7, 11) is 0. The highest BCUT2D eigenvalue weighted by atomic mass is 35.5. The van der Waals surface area contributed by atoms with Crippen molar-refractivity contribution in [3.8, 4) is 22.3 Å². The molecule has 4 aromatic rings. The van der Waals surface area contributed by atoms with Crippen molar-refractivity contribution in [2.24, 2.45) is 23.7 Å². The average molecular weight is 726 g/mol. The maximum absolute atomic E-state index is 5.89. The minimum atomic E-state index is 0.545. The summed E-state index contributed by atoms with van der Waals surface area (Å²) in [4.78, 5) is 8.37. The molecule has 6 rings (SSSR count). The molecular formula is C47H62Cl2N2. The van der Waals surface area contributed by atoms with E-state index in [1.165, 1.54) is 119 Å². The first-order valence-corrected chi connectivity index (χ1v) is 21.0. The molecule has 0 bridgehead atoms. The third kappa shape index (κ3) is 11.9. The van der Waals surface area contributed by atoms with Gasteiger partial charge < -0.3 is 0 Å². The molecule has 2 saturated carbocycles. The number of rotatable bonds is 13. The molecule has 274 valence electrons. The van der Waals surface area contributed by atoms with Crippen LogP contribution in [0.2, 0.25) is 10.3 Å². The zero-order valence-electron chi connectivity index (χ0n) is 31.8. The van der Waals surface area contributed by atoms with Crippen LogP contribution in [-0.2, 0) is 0 Å². The highest BCUT2D eigenvalue weighted by Gasteiger charge is 2.27. The zero-order chi connectivity index (χ0) is 36.0. The first kappa shape index (κ1) is 39.5. The number of pyridine rings is 2. The van der Waals surface area contributed by atoms with Gasteiger partial charge in [0.05, 0.1) is 0 Å². The fourth-order valence-electron chi connectivity index (χ4n) is 8.73. The van der Waals surface area contributed by atoms with E-state index in [9.17, 15) is 0 Å². The molecule has 0 spiro atoms. The number of benzene rings is 2. The molecule has 0 aliphatic heterocycles. The van der Waals surface area contributed by atoms with Crippen LogP contribution in [0, 0.1) is 23.7 Å². The van der Waals surface area contributed by atoms with E-state index in [1.54, 1.807) is 0 Å². The summed E-state index contributed by atoms with van der Waals surface area (Å²) >= 11 is 11.8. The van der Waals surface area contributed by atoms with E-state index in [4.69, 9.17) is 23.2 Å². The lowest BCUT2D eigenvalue weighted by molar-refractivity contribution is 0.236. The van der Waals surface area contributed by atoms with E-state index in [1.807, 2.05) is 36.7 Å². The lowest BCUT2D eigenvalue weighted by Crippen LogP contribution is -2.19. The highest BCUT2D eigenvalue weighted by molar-refractivity contribution is 6.29. The van der Waals surface area contributed by atoms with Crippen LogP contribution in [0.15, 0.2) is 85.2 Å². The van der Waals surface area contributed by atoms with Crippen molar-refractivity contribution in [2.75, 3.05) is 0 Å². The standard InChI is InChI=1S/C24H32ClN.C23H30ClN/c1-3-4-5-6-19-7-9-20(10-8-19)18(2)21-11-13-22(14-12-21)23-15-16-24(25)26-17-23;1-3-4-5-18-6-8-19(9-7-18)17(2)20-10-12-21(13-11-20)22-14-15-23(24)25-16-22/h11-20H,3-10H2,1-2H3;10-19H,3-9H2,1-2H3. The van der Waals surface area contributed by atoms with Gasteiger partial charge >= 0.3 is 0 Å². The third-order valence-corrected chi connectivity index (χ3v) is 12.8. The van der Waals surface area contributed by atoms with Crippen molar-refractivity contribution in [3.63, 3.8) is 0 Å². The van der Waals surface area contributed by atoms with Gasteiger partial charge in [-0.3, -0.25) is 0 Å². The van der Waals surface area contributed by atoms with Crippen molar-refractivity contribution in [1.82, 2.24) is 9.97 Å². The van der Waals surface area contributed by atoms with Crippen molar-refractivity contribution in [1.29, 1.82) is 0 Å². The van der Waals surface area contributed by atoms with E-state index in [0.29, 0.717) is 22.1 Å². The quantitative estimate of drug-likeness (QED) is 0.101. The van der Waals surface area contributed by atoms with E-state index in [-0.39, 0.29) is 0 Å². The molecular weight excluding hydrogens is 663 g/mol. The van der Waals surface area contributed by atoms with Crippen molar-refractivity contribution >= 4 is 23.2 Å². The van der Waals surface area contributed by atoms with Crippen molar-refractivity contribution in [2.45, 2.75) is 136 Å². The van der Waals surface area contributed by atoms with Crippen molar-refractivity contribution in [3.05, 3.63) is 107 Å². The van der Waals surface area contributed by atoms with E-state index in [2.05, 4.69) is 86.2 Å². The van der Waals surface area contributed by atoms with Crippen LogP contribution in [0.5, 0.6) is 0 Å². The number of nitrogens with zero attached hydrogens (tertiary/aromatic N) is 2. The SMILES string of the molecule is CCCCC1CCC(C(C)c2ccc(-c3ccc(Cl)nc3)cc2)CC1.CCCCCC1CCC(C(C)c2ccc(-c3ccc(Cl)nc3)cc2)CC1. The molecule has 2 aromatic carbocycles. The Balaban J connectivity index is 0.000000198. The topological polar surface area (TPSA) is 25.8 Å². The molecule has 2 fully saturated rings. The van der Waals surface area contributed by atoms with Crippen LogP contribution >= 0.6 is 23.2 Å². The largest absolute Gasteiger partial charge is 0.244 e. The van der Waals surface area contributed by atoms with Crippen LogP contribution in [0.1, 0.15) is 147 Å². The molecule has 2 atom stereocenters. The molecule has 4 heteroatoms. The predicted octanol–water partition coefficient (Wildman–Crippen LogP) is 15.4. The molecule has 0 radical (unpaired) electrons. The molecule has 2 aliphatic rings. The summed E-state index contributed by atoms with van der Waals surface area (Å²) in [5.74, 6) is 4.99.